The van der Waals surface area contributed by atoms with Crippen molar-refractivity contribution >= 4 is 5.65 Å². The van der Waals surface area contributed by atoms with E-state index in [1.54, 1.807) is 4.57 Å². The first-order chi connectivity index (χ1) is 8.25. The molecular formula is C13H12N3O+. The molecule has 0 aliphatic carbocycles. The fraction of sp³-hybridized carbons (Fsp3) is 0.154. The molecule has 0 unspecified atom stereocenters. The molecule has 0 saturated heterocycles. The van der Waals surface area contributed by atoms with Gasteiger partial charge in [-0.05, 0) is 11.5 Å². The summed E-state index contributed by atoms with van der Waals surface area (Å²) < 4.78 is 6.82. The normalized spacial score (nSPS) is 10.9. The summed E-state index contributed by atoms with van der Waals surface area (Å²) in [5, 5.41) is 3.92. The number of fused-ring (bicyclic) bond motifs is 1. The van der Waals surface area contributed by atoms with E-state index >= 15 is 0 Å². The summed E-state index contributed by atoms with van der Waals surface area (Å²) in [4.78, 5) is 4.57. The van der Waals surface area contributed by atoms with E-state index in [2.05, 4.69) is 10.1 Å². The Balaban J connectivity index is 2.28. The Hall–Kier alpha value is -2.23. The average Bonchev–Trinajstić information content (AvgIpc) is 2.73. The average molecular weight is 226 g/mol. The van der Waals surface area contributed by atoms with Gasteiger partial charge in [-0.1, -0.05) is 35.3 Å². The third-order valence-corrected chi connectivity index (χ3v) is 2.74. The van der Waals surface area contributed by atoms with Crippen molar-refractivity contribution < 1.29 is 9.20 Å². The van der Waals surface area contributed by atoms with E-state index in [0.717, 1.165) is 28.3 Å². The van der Waals surface area contributed by atoms with Crippen LogP contribution < -0.4 is 4.57 Å². The zero-order valence-corrected chi connectivity index (χ0v) is 9.71. The van der Waals surface area contributed by atoms with Crippen molar-refractivity contribution in [3.63, 3.8) is 0 Å². The second kappa shape index (κ2) is 3.66. The van der Waals surface area contributed by atoms with Crippen molar-refractivity contribution in [1.29, 1.82) is 0 Å². The smallest absolute Gasteiger partial charge is 0.134 e. The van der Waals surface area contributed by atoms with Gasteiger partial charge in [-0.2, -0.15) is 0 Å². The van der Waals surface area contributed by atoms with Gasteiger partial charge in [-0.25, -0.2) is 0 Å². The zero-order valence-electron chi connectivity index (χ0n) is 9.71. The number of aryl methyl sites for hydroxylation is 2. The maximum absolute atomic E-state index is 5.17. The highest BCUT2D eigenvalue weighted by atomic mass is 16.6. The molecule has 0 atom stereocenters. The molecule has 0 aliphatic rings. The number of rotatable bonds is 1. The van der Waals surface area contributed by atoms with Gasteiger partial charge in [0.25, 0.3) is 0 Å². The molecule has 4 heteroatoms. The number of aromatic nitrogens is 3. The summed E-state index contributed by atoms with van der Waals surface area (Å²) in [7, 11) is 0. The van der Waals surface area contributed by atoms with Crippen LogP contribution in [0.15, 0.2) is 41.0 Å². The Labute approximate surface area is 98.5 Å². The van der Waals surface area contributed by atoms with E-state index in [0.29, 0.717) is 0 Å². The Bertz CT molecular complexity index is 674. The van der Waals surface area contributed by atoms with E-state index in [1.807, 2.05) is 50.2 Å². The molecule has 0 amide bonds. The fourth-order valence-corrected chi connectivity index (χ4v) is 1.85. The predicted molar refractivity (Wildman–Crippen MR) is 62.4 cm³/mol. The van der Waals surface area contributed by atoms with Gasteiger partial charge in [0.2, 0.25) is 5.69 Å². The van der Waals surface area contributed by atoms with Gasteiger partial charge in [0.1, 0.15) is 11.4 Å². The lowest BCUT2D eigenvalue weighted by atomic mass is 10.1. The van der Waals surface area contributed by atoms with E-state index in [9.17, 15) is 0 Å². The molecule has 0 N–H and O–H groups in total. The molecule has 17 heavy (non-hydrogen) atoms. The Kier molecular flexibility index (Phi) is 2.14. The van der Waals surface area contributed by atoms with E-state index in [1.165, 1.54) is 0 Å². The molecule has 0 aliphatic heterocycles. The van der Waals surface area contributed by atoms with Crippen LogP contribution in [0.25, 0.3) is 16.9 Å². The van der Waals surface area contributed by atoms with Gasteiger partial charge in [0.15, 0.2) is 0 Å². The van der Waals surface area contributed by atoms with Crippen molar-refractivity contribution in [1.82, 2.24) is 10.1 Å². The van der Waals surface area contributed by atoms with Crippen molar-refractivity contribution in [2.75, 3.05) is 0 Å². The van der Waals surface area contributed by atoms with Crippen molar-refractivity contribution in [3.05, 3.63) is 47.8 Å². The predicted octanol–water partition coefficient (Wildman–Crippen LogP) is 2.09. The van der Waals surface area contributed by atoms with Crippen LogP contribution in [0.1, 0.15) is 11.4 Å². The highest BCUT2D eigenvalue weighted by molar-refractivity contribution is 5.60. The Morgan fingerprint density at radius 2 is 1.88 bits per heavy atom. The lowest BCUT2D eigenvalue weighted by Gasteiger charge is -1.97. The molecule has 0 bridgehead atoms. The summed E-state index contributed by atoms with van der Waals surface area (Å²) in [6.07, 6.45) is 0. The lowest BCUT2D eigenvalue weighted by molar-refractivity contribution is -0.735. The molecule has 0 saturated carbocycles. The maximum Gasteiger partial charge on any atom is 0.344 e. The largest absolute Gasteiger partial charge is 0.344 e. The topological polar surface area (TPSA) is 43.0 Å². The zero-order chi connectivity index (χ0) is 11.8. The Morgan fingerprint density at radius 1 is 1.12 bits per heavy atom. The van der Waals surface area contributed by atoms with Gasteiger partial charge in [-0.3, -0.25) is 0 Å². The maximum atomic E-state index is 5.17. The minimum Gasteiger partial charge on any atom is -0.134 e. The monoisotopic (exact) mass is 226 g/mol. The molecule has 84 valence electrons. The standard InChI is InChI=1S/C13H12N3O/c1-9-8-12(11-6-4-3-5-7-11)14-13-10(2)15-17-16(9)13/h3-8H,1-2H3/q+1. The molecule has 3 rings (SSSR count). The highest BCUT2D eigenvalue weighted by Gasteiger charge is 2.18. The van der Waals surface area contributed by atoms with Crippen LogP contribution in [0.4, 0.5) is 0 Å². The second-order valence-corrected chi connectivity index (χ2v) is 4.03. The molecule has 3 aromatic rings. The number of hydrogen-bond donors (Lipinski definition) is 0. The van der Waals surface area contributed by atoms with Gasteiger partial charge in [-0.15, -0.1) is 4.63 Å². The molecule has 4 nitrogen and oxygen atoms in total. The van der Waals surface area contributed by atoms with Crippen LogP contribution in [0.3, 0.4) is 0 Å². The van der Waals surface area contributed by atoms with Crippen LogP contribution >= 0.6 is 0 Å². The summed E-state index contributed by atoms with van der Waals surface area (Å²) >= 11 is 0. The first-order valence-corrected chi connectivity index (χ1v) is 5.47. The van der Waals surface area contributed by atoms with Crippen LogP contribution in [-0.4, -0.2) is 10.1 Å². The number of hydrogen-bond acceptors (Lipinski definition) is 3. The molecule has 2 aromatic heterocycles. The van der Waals surface area contributed by atoms with Gasteiger partial charge >= 0.3 is 5.65 Å². The minimum absolute atomic E-state index is 0.767. The van der Waals surface area contributed by atoms with E-state index in [4.69, 9.17) is 4.63 Å². The van der Waals surface area contributed by atoms with Crippen LogP contribution in [0, 0.1) is 13.8 Å². The minimum atomic E-state index is 0.767. The van der Waals surface area contributed by atoms with Crippen molar-refractivity contribution in [2.45, 2.75) is 13.8 Å². The number of nitrogens with zero attached hydrogens (tertiary/aromatic N) is 3. The molecule has 0 fully saturated rings. The van der Waals surface area contributed by atoms with Gasteiger partial charge in [0, 0.05) is 18.6 Å². The van der Waals surface area contributed by atoms with E-state index in [-0.39, 0.29) is 0 Å². The summed E-state index contributed by atoms with van der Waals surface area (Å²) in [5.74, 6) is 0. The van der Waals surface area contributed by atoms with Crippen molar-refractivity contribution in [2.24, 2.45) is 0 Å². The summed E-state index contributed by atoms with van der Waals surface area (Å²) in [6.45, 7) is 3.87. The van der Waals surface area contributed by atoms with Crippen molar-refractivity contribution in [3.8, 4) is 11.3 Å². The fourth-order valence-electron chi connectivity index (χ4n) is 1.85. The molecule has 2 heterocycles. The SMILES string of the molecule is Cc1no[n+]2c(C)cc(-c3ccccc3)nc12. The van der Waals surface area contributed by atoms with E-state index < -0.39 is 0 Å². The third kappa shape index (κ3) is 1.58. The van der Waals surface area contributed by atoms with Crippen LogP contribution in [0.2, 0.25) is 0 Å². The second-order valence-electron chi connectivity index (χ2n) is 4.03. The molecule has 0 radical (unpaired) electrons. The molecule has 0 spiro atoms. The van der Waals surface area contributed by atoms with Crippen LogP contribution in [0.5, 0.6) is 0 Å². The molecule has 1 aromatic carbocycles. The molecular weight excluding hydrogens is 214 g/mol. The van der Waals surface area contributed by atoms with Crippen LogP contribution in [-0.2, 0) is 0 Å². The van der Waals surface area contributed by atoms with Gasteiger partial charge in [0.05, 0.1) is 5.16 Å². The lowest BCUT2D eigenvalue weighted by Crippen LogP contribution is -2.24. The highest BCUT2D eigenvalue weighted by Crippen LogP contribution is 2.17. The first kappa shape index (κ1) is 9.96. The first-order valence-electron chi connectivity index (χ1n) is 5.47. The summed E-state index contributed by atoms with van der Waals surface area (Å²) in [5.41, 5.74) is 4.58. The summed E-state index contributed by atoms with van der Waals surface area (Å²) in [6, 6.07) is 12.1. The quantitative estimate of drug-likeness (QED) is 0.597. The Morgan fingerprint density at radius 3 is 2.65 bits per heavy atom. The number of benzene rings is 1. The van der Waals surface area contributed by atoms with Gasteiger partial charge < -0.3 is 0 Å². The third-order valence-electron chi connectivity index (χ3n) is 2.74.